The van der Waals surface area contributed by atoms with E-state index >= 15 is 0 Å². The SMILES string of the molecule is CNC(=O)N1C[C@H]2CC[C@H](O[C@H](C)c3cc(C(F)(F)F)cc(C(F)(F)F)c3)[C@@H](c3ccc(F)cc3)[C@@H]2C1O. The van der Waals surface area contributed by atoms with Gasteiger partial charge in [-0.15, -0.1) is 0 Å². The van der Waals surface area contributed by atoms with Gasteiger partial charge < -0.3 is 15.2 Å². The fourth-order valence-corrected chi connectivity index (χ4v) is 5.68. The van der Waals surface area contributed by atoms with Crippen LogP contribution in [-0.2, 0) is 17.1 Å². The third-order valence-electron chi connectivity index (χ3n) is 7.46. The molecule has 1 heterocycles. The van der Waals surface area contributed by atoms with Crippen LogP contribution in [0.1, 0.15) is 54.0 Å². The van der Waals surface area contributed by atoms with Gasteiger partial charge in [0, 0.05) is 25.4 Å². The second-order valence-corrected chi connectivity index (χ2v) is 9.77. The Kier molecular flexibility index (Phi) is 7.68. The van der Waals surface area contributed by atoms with Crippen molar-refractivity contribution in [2.45, 2.75) is 56.5 Å². The fourth-order valence-electron chi connectivity index (χ4n) is 5.68. The molecule has 12 heteroatoms. The van der Waals surface area contributed by atoms with E-state index in [0.717, 1.165) is 0 Å². The normalized spacial score (nSPS) is 26.7. The van der Waals surface area contributed by atoms with Gasteiger partial charge in [-0.2, -0.15) is 26.3 Å². The molecule has 2 aromatic carbocycles. The van der Waals surface area contributed by atoms with E-state index in [2.05, 4.69) is 5.32 Å². The van der Waals surface area contributed by atoms with Crippen molar-refractivity contribution < 1.29 is 45.4 Å². The van der Waals surface area contributed by atoms with Crippen LogP contribution < -0.4 is 5.32 Å². The summed E-state index contributed by atoms with van der Waals surface area (Å²) in [7, 11) is 1.42. The number of rotatable bonds is 4. The number of fused-ring (bicyclic) bond motifs is 1. The average molecular weight is 548 g/mol. The molecule has 0 bridgehead atoms. The summed E-state index contributed by atoms with van der Waals surface area (Å²) in [4.78, 5) is 13.6. The van der Waals surface area contributed by atoms with E-state index in [1.165, 1.54) is 43.1 Å². The van der Waals surface area contributed by atoms with Gasteiger partial charge in [0.15, 0.2) is 0 Å². The Balaban J connectivity index is 1.69. The smallest absolute Gasteiger partial charge is 0.373 e. The molecule has 5 nitrogen and oxygen atoms in total. The van der Waals surface area contributed by atoms with Crippen LogP contribution in [0.3, 0.4) is 0 Å². The standard InChI is InChI=1S/C26H27F7N2O3/c1-13(16-9-17(25(28,29)30)11-18(10-16)26(31,32)33)38-20-8-5-15-12-35(24(37)34-2)23(36)22(15)21(20)14-3-6-19(27)7-4-14/h3-4,6-7,9-11,13,15,20-23,36H,5,8,12H2,1-2H3,(H,34,37)/t13-,15-,20+,21-,22-,23?/m1/s1. The van der Waals surface area contributed by atoms with E-state index in [4.69, 9.17) is 4.74 Å². The minimum atomic E-state index is -5.00. The highest BCUT2D eigenvalue weighted by Crippen LogP contribution is 2.50. The lowest BCUT2D eigenvalue weighted by Crippen LogP contribution is -2.45. The van der Waals surface area contributed by atoms with Gasteiger partial charge in [0.1, 0.15) is 12.0 Å². The van der Waals surface area contributed by atoms with Gasteiger partial charge in [0.2, 0.25) is 0 Å². The number of urea groups is 1. The summed E-state index contributed by atoms with van der Waals surface area (Å²) in [6, 6.07) is 6.30. The summed E-state index contributed by atoms with van der Waals surface area (Å²) in [5.74, 6) is -1.79. The predicted octanol–water partition coefficient (Wildman–Crippen LogP) is 6.09. The molecule has 208 valence electrons. The second-order valence-electron chi connectivity index (χ2n) is 9.77. The second kappa shape index (κ2) is 10.4. The van der Waals surface area contributed by atoms with Gasteiger partial charge in [0.25, 0.3) is 0 Å². The van der Waals surface area contributed by atoms with E-state index in [1.807, 2.05) is 0 Å². The Hall–Kier alpha value is -2.86. The van der Waals surface area contributed by atoms with Crippen LogP contribution in [0, 0.1) is 17.7 Å². The average Bonchev–Trinajstić information content (AvgIpc) is 3.19. The number of carbonyl (C=O) groups excluding carboxylic acids is 1. The van der Waals surface area contributed by atoms with Crippen LogP contribution in [0.25, 0.3) is 0 Å². The summed E-state index contributed by atoms with van der Waals surface area (Å²) in [6.45, 7) is 1.62. The highest BCUT2D eigenvalue weighted by molar-refractivity contribution is 5.74. The first-order valence-corrected chi connectivity index (χ1v) is 12.1. The highest BCUT2D eigenvalue weighted by Gasteiger charge is 2.52. The summed E-state index contributed by atoms with van der Waals surface area (Å²) in [5.41, 5.74) is -2.60. The summed E-state index contributed by atoms with van der Waals surface area (Å²) < 4.78 is 100. The van der Waals surface area contributed by atoms with Gasteiger partial charge in [-0.25, -0.2) is 9.18 Å². The molecular formula is C26H27F7N2O3. The van der Waals surface area contributed by atoms with E-state index < -0.39 is 65.6 Å². The number of nitrogens with zero attached hydrogens (tertiary/aromatic N) is 1. The van der Waals surface area contributed by atoms with Crippen LogP contribution in [0.4, 0.5) is 35.5 Å². The van der Waals surface area contributed by atoms with Crippen LogP contribution in [0.15, 0.2) is 42.5 Å². The lowest BCUT2D eigenvalue weighted by Gasteiger charge is -2.42. The minimum absolute atomic E-state index is 0.0605. The predicted molar refractivity (Wildman–Crippen MR) is 122 cm³/mol. The number of halogens is 7. The molecule has 2 amide bonds. The number of aliphatic hydroxyl groups is 1. The number of hydrogen-bond donors (Lipinski definition) is 2. The molecule has 6 atom stereocenters. The molecular weight excluding hydrogens is 521 g/mol. The summed E-state index contributed by atoms with van der Waals surface area (Å²) in [6.07, 6.45) is -12.3. The molecule has 1 saturated heterocycles. The molecule has 4 rings (SSSR count). The van der Waals surface area contributed by atoms with Crippen molar-refractivity contribution in [3.63, 3.8) is 0 Å². The number of likely N-dealkylation sites (tertiary alicyclic amines) is 1. The molecule has 0 radical (unpaired) electrons. The number of nitrogens with one attached hydrogen (secondary N) is 1. The lowest BCUT2D eigenvalue weighted by molar-refractivity contribution is -0.143. The van der Waals surface area contributed by atoms with E-state index in [9.17, 15) is 40.6 Å². The first kappa shape index (κ1) is 28.2. The van der Waals surface area contributed by atoms with Gasteiger partial charge in [0.05, 0.1) is 23.3 Å². The van der Waals surface area contributed by atoms with Crippen molar-refractivity contribution in [3.8, 4) is 0 Å². The maximum Gasteiger partial charge on any atom is 0.416 e. The van der Waals surface area contributed by atoms with Gasteiger partial charge in [-0.3, -0.25) is 4.90 Å². The van der Waals surface area contributed by atoms with Crippen molar-refractivity contribution in [3.05, 3.63) is 70.5 Å². The van der Waals surface area contributed by atoms with Crippen molar-refractivity contribution in [2.75, 3.05) is 13.6 Å². The maximum atomic E-state index is 13.7. The number of aliphatic hydroxyl groups excluding tert-OH is 1. The number of alkyl halides is 6. The molecule has 1 aliphatic heterocycles. The Bertz CT molecular complexity index is 1120. The van der Waals surface area contributed by atoms with Crippen LogP contribution >= 0.6 is 0 Å². The molecule has 1 unspecified atom stereocenters. The molecule has 38 heavy (non-hydrogen) atoms. The summed E-state index contributed by atoms with van der Waals surface area (Å²) in [5, 5.41) is 13.5. The number of hydrogen-bond acceptors (Lipinski definition) is 3. The molecule has 0 spiro atoms. The van der Waals surface area contributed by atoms with Crippen LogP contribution in [0.2, 0.25) is 0 Å². The molecule has 2 aliphatic rings. The third kappa shape index (κ3) is 5.61. The zero-order chi connectivity index (χ0) is 28.0. The quantitative estimate of drug-likeness (QED) is 0.455. The monoisotopic (exact) mass is 548 g/mol. The first-order chi connectivity index (χ1) is 17.7. The topological polar surface area (TPSA) is 61.8 Å². The zero-order valence-corrected chi connectivity index (χ0v) is 20.5. The van der Waals surface area contributed by atoms with Crippen LogP contribution in [0.5, 0.6) is 0 Å². The van der Waals surface area contributed by atoms with Crippen molar-refractivity contribution in [1.82, 2.24) is 10.2 Å². The Labute approximate surface area is 214 Å². The molecule has 2 aromatic rings. The van der Waals surface area contributed by atoms with E-state index in [1.54, 1.807) is 0 Å². The van der Waals surface area contributed by atoms with Crippen LogP contribution in [-0.4, -0.2) is 42.0 Å². The van der Waals surface area contributed by atoms with E-state index in [-0.39, 0.29) is 24.1 Å². The zero-order valence-electron chi connectivity index (χ0n) is 20.5. The van der Waals surface area contributed by atoms with Crippen molar-refractivity contribution in [1.29, 1.82) is 0 Å². The number of benzene rings is 2. The summed E-state index contributed by atoms with van der Waals surface area (Å²) >= 11 is 0. The lowest BCUT2D eigenvalue weighted by atomic mass is 9.68. The Morgan fingerprint density at radius 3 is 2.13 bits per heavy atom. The van der Waals surface area contributed by atoms with Gasteiger partial charge in [-0.1, -0.05) is 12.1 Å². The first-order valence-electron chi connectivity index (χ1n) is 12.1. The van der Waals surface area contributed by atoms with Crippen molar-refractivity contribution in [2.24, 2.45) is 11.8 Å². The minimum Gasteiger partial charge on any atom is -0.373 e. The highest BCUT2D eigenvalue weighted by atomic mass is 19.4. The largest absolute Gasteiger partial charge is 0.416 e. The van der Waals surface area contributed by atoms with Crippen molar-refractivity contribution >= 4 is 6.03 Å². The fraction of sp³-hybridized carbons (Fsp3) is 0.500. The third-order valence-corrected chi connectivity index (χ3v) is 7.46. The molecule has 2 fully saturated rings. The molecule has 1 aliphatic carbocycles. The number of amides is 2. The molecule has 2 N–H and O–H groups in total. The van der Waals surface area contributed by atoms with Gasteiger partial charge >= 0.3 is 18.4 Å². The van der Waals surface area contributed by atoms with Gasteiger partial charge in [-0.05, 0) is 67.1 Å². The Morgan fingerprint density at radius 2 is 1.61 bits per heavy atom. The molecule has 0 aromatic heterocycles. The Morgan fingerprint density at radius 1 is 1.03 bits per heavy atom. The number of carbonyl (C=O) groups is 1. The number of ether oxygens (including phenoxy) is 1. The van der Waals surface area contributed by atoms with E-state index in [0.29, 0.717) is 30.5 Å². The molecule has 1 saturated carbocycles. The maximum absolute atomic E-state index is 13.7.